The lowest BCUT2D eigenvalue weighted by Crippen LogP contribution is -2.28. The summed E-state index contributed by atoms with van der Waals surface area (Å²) in [5, 5.41) is 3.38. The van der Waals surface area contributed by atoms with E-state index in [1.165, 1.54) is 12.1 Å². The molecule has 0 saturated carbocycles. The molecule has 0 radical (unpaired) electrons. The summed E-state index contributed by atoms with van der Waals surface area (Å²) >= 11 is 1.84. The predicted molar refractivity (Wildman–Crippen MR) is 71.3 cm³/mol. The minimum atomic E-state index is -0.191. The van der Waals surface area contributed by atoms with Crippen LogP contribution in [0.25, 0.3) is 6.08 Å². The van der Waals surface area contributed by atoms with E-state index in [0.717, 1.165) is 17.9 Å². The highest BCUT2D eigenvalue weighted by molar-refractivity contribution is 7.98. The highest BCUT2D eigenvalue weighted by atomic mass is 32.2. The summed E-state index contributed by atoms with van der Waals surface area (Å²) in [5.74, 6) is 0.925. The van der Waals surface area contributed by atoms with Crippen LogP contribution in [-0.4, -0.2) is 24.6 Å². The van der Waals surface area contributed by atoms with Crippen molar-refractivity contribution in [1.82, 2.24) is 5.32 Å². The Hall–Kier alpha value is -0.800. The van der Waals surface area contributed by atoms with Gasteiger partial charge in [0.15, 0.2) is 0 Å². The van der Waals surface area contributed by atoms with Gasteiger partial charge in [-0.2, -0.15) is 11.8 Å². The van der Waals surface area contributed by atoms with E-state index in [4.69, 9.17) is 0 Å². The molecule has 1 rings (SSSR count). The molecule has 0 saturated heterocycles. The molecule has 1 aromatic rings. The average Bonchev–Trinajstić information content (AvgIpc) is 2.27. The monoisotopic (exact) mass is 239 g/mol. The molecule has 1 unspecified atom stereocenters. The van der Waals surface area contributed by atoms with Crippen LogP contribution in [-0.2, 0) is 0 Å². The minimum absolute atomic E-state index is 0.191. The molecule has 1 nitrogen and oxygen atoms in total. The standard InChI is InChI=1S/C13H18FNS/c1-11(10-16-2)15-9-3-4-12-5-7-13(14)8-6-12/h3-8,11,15H,9-10H2,1-2H3/b4-3+. The second-order valence-corrected chi connectivity index (χ2v) is 4.63. The highest BCUT2D eigenvalue weighted by Gasteiger charge is 1.96. The Morgan fingerprint density at radius 1 is 1.38 bits per heavy atom. The van der Waals surface area contributed by atoms with Crippen LogP contribution in [0.5, 0.6) is 0 Å². The fourth-order valence-corrected chi connectivity index (χ4v) is 1.96. The van der Waals surface area contributed by atoms with Crippen LogP contribution in [0.1, 0.15) is 12.5 Å². The van der Waals surface area contributed by atoms with Crippen molar-refractivity contribution in [2.45, 2.75) is 13.0 Å². The lowest BCUT2D eigenvalue weighted by Gasteiger charge is -2.09. The van der Waals surface area contributed by atoms with E-state index in [1.807, 2.05) is 17.8 Å². The molecule has 0 spiro atoms. The number of thioether (sulfide) groups is 1. The van der Waals surface area contributed by atoms with Gasteiger partial charge in [0.05, 0.1) is 0 Å². The third-order valence-electron chi connectivity index (χ3n) is 2.18. The molecule has 1 aromatic carbocycles. The molecule has 1 N–H and O–H groups in total. The molecule has 88 valence electrons. The number of benzene rings is 1. The Balaban J connectivity index is 2.29. The Kier molecular flexibility index (Phi) is 6.19. The van der Waals surface area contributed by atoms with E-state index in [0.29, 0.717) is 6.04 Å². The zero-order chi connectivity index (χ0) is 11.8. The van der Waals surface area contributed by atoms with E-state index in [1.54, 1.807) is 12.1 Å². The smallest absolute Gasteiger partial charge is 0.123 e. The number of halogens is 1. The first-order valence-electron chi connectivity index (χ1n) is 5.37. The summed E-state index contributed by atoms with van der Waals surface area (Å²) in [4.78, 5) is 0. The van der Waals surface area contributed by atoms with Crippen molar-refractivity contribution in [3.05, 3.63) is 41.7 Å². The molecule has 0 amide bonds. The fraction of sp³-hybridized carbons (Fsp3) is 0.385. The molecule has 0 aliphatic rings. The van der Waals surface area contributed by atoms with E-state index < -0.39 is 0 Å². The van der Waals surface area contributed by atoms with Gasteiger partial charge in [-0.15, -0.1) is 0 Å². The SMILES string of the molecule is CSCC(C)NC/C=C/c1ccc(F)cc1. The van der Waals surface area contributed by atoms with Gasteiger partial charge in [0.1, 0.15) is 5.82 Å². The van der Waals surface area contributed by atoms with Crippen molar-refractivity contribution in [2.24, 2.45) is 0 Å². The maximum absolute atomic E-state index is 12.6. The van der Waals surface area contributed by atoms with Gasteiger partial charge < -0.3 is 5.32 Å². The normalized spacial score (nSPS) is 13.2. The van der Waals surface area contributed by atoms with Crippen molar-refractivity contribution in [3.63, 3.8) is 0 Å². The van der Waals surface area contributed by atoms with Gasteiger partial charge in [0.25, 0.3) is 0 Å². The summed E-state index contributed by atoms with van der Waals surface area (Å²) in [6, 6.07) is 7.02. The second kappa shape index (κ2) is 7.47. The second-order valence-electron chi connectivity index (χ2n) is 3.72. The largest absolute Gasteiger partial charge is 0.310 e. The minimum Gasteiger partial charge on any atom is -0.310 e. The van der Waals surface area contributed by atoms with E-state index in [-0.39, 0.29) is 5.82 Å². The number of rotatable bonds is 6. The maximum atomic E-state index is 12.6. The van der Waals surface area contributed by atoms with Crippen molar-refractivity contribution in [2.75, 3.05) is 18.6 Å². The molecule has 0 heterocycles. The van der Waals surface area contributed by atoms with Gasteiger partial charge in [-0.1, -0.05) is 24.3 Å². The van der Waals surface area contributed by atoms with Crippen molar-refractivity contribution in [3.8, 4) is 0 Å². The zero-order valence-corrected chi connectivity index (χ0v) is 10.6. The first-order chi connectivity index (χ1) is 7.72. The van der Waals surface area contributed by atoms with Gasteiger partial charge in [-0.05, 0) is 30.9 Å². The topological polar surface area (TPSA) is 12.0 Å². The molecular formula is C13H18FNS. The molecule has 0 fully saturated rings. The molecule has 3 heteroatoms. The molecule has 0 aromatic heterocycles. The number of hydrogen-bond donors (Lipinski definition) is 1. The van der Waals surface area contributed by atoms with Crippen LogP contribution in [0, 0.1) is 5.82 Å². The Morgan fingerprint density at radius 3 is 2.69 bits per heavy atom. The third-order valence-corrected chi connectivity index (χ3v) is 3.01. The van der Waals surface area contributed by atoms with Crippen LogP contribution in [0.3, 0.4) is 0 Å². The quantitative estimate of drug-likeness (QED) is 0.818. The molecule has 0 aliphatic carbocycles. The number of nitrogens with one attached hydrogen (secondary N) is 1. The van der Waals surface area contributed by atoms with Crippen LogP contribution in [0.4, 0.5) is 4.39 Å². The highest BCUT2D eigenvalue weighted by Crippen LogP contribution is 2.04. The van der Waals surface area contributed by atoms with Crippen LogP contribution in [0.15, 0.2) is 30.3 Å². The number of hydrogen-bond acceptors (Lipinski definition) is 2. The van der Waals surface area contributed by atoms with Crippen molar-refractivity contribution >= 4 is 17.8 Å². The summed E-state index contributed by atoms with van der Waals surface area (Å²) in [7, 11) is 0. The summed E-state index contributed by atoms with van der Waals surface area (Å²) in [6.07, 6.45) is 6.16. The molecular weight excluding hydrogens is 221 g/mol. The Bertz CT molecular complexity index is 321. The van der Waals surface area contributed by atoms with Gasteiger partial charge in [-0.3, -0.25) is 0 Å². The van der Waals surface area contributed by atoms with E-state index in [9.17, 15) is 4.39 Å². The lowest BCUT2D eigenvalue weighted by molar-refractivity contribution is 0.627. The van der Waals surface area contributed by atoms with Gasteiger partial charge in [-0.25, -0.2) is 4.39 Å². The molecule has 0 bridgehead atoms. The molecule has 16 heavy (non-hydrogen) atoms. The lowest BCUT2D eigenvalue weighted by atomic mass is 10.2. The predicted octanol–water partition coefficient (Wildman–Crippen LogP) is 3.18. The van der Waals surface area contributed by atoms with Crippen LogP contribution in [0.2, 0.25) is 0 Å². The van der Waals surface area contributed by atoms with Crippen LogP contribution < -0.4 is 5.32 Å². The first kappa shape index (κ1) is 13.3. The van der Waals surface area contributed by atoms with Crippen molar-refractivity contribution in [1.29, 1.82) is 0 Å². The maximum Gasteiger partial charge on any atom is 0.123 e. The fourth-order valence-electron chi connectivity index (χ4n) is 1.35. The van der Waals surface area contributed by atoms with E-state index >= 15 is 0 Å². The average molecular weight is 239 g/mol. The summed E-state index contributed by atoms with van der Waals surface area (Å²) in [5.41, 5.74) is 1.03. The summed E-state index contributed by atoms with van der Waals surface area (Å²) < 4.78 is 12.6. The van der Waals surface area contributed by atoms with Gasteiger partial charge in [0.2, 0.25) is 0 Å². The molecule has 1 atom stereocenters. The zero-order valence-electron chi connectivity index (χ0n) is 9.74. The van der Waals surface area contributed by atoms with Crippen LogP contribution >= 0.6 is 11.8 Å². The molecule has 0 aliphatic heterocycles. The van der Waals surface area contributed by atoms with Gasteiger partial charge in [0, 0.05) is 18.3 Å². The Morgan fingerprint density at radius 2 is 2.06 bits per heavy atom. The third kappa shape index (κ3) is 5.33. The van der Waals surface area contributed by atoms with E-state index in [2.05, 4.69) is 24.6 Å². The van der Waals surface area contributed by atoms with Gasteiger partial charge >= 0.3 is 0 Å². The Labute approximate surface area is 101 Å². The van der Waals surface area contributed by atoms with Crippen molar-refractivity contribution < 1.29 is 4.39 Å². The summed E-state index contributed by atoms with van der Waals surface area (Å²) in [6.45, 7) is 3.02. The first-order valence-corrected chi connectivity index (χ1v) is 6.76.